The lowest BCUT2D eigenvalue weighted by atomic mass is 10.1. The minimum absolute atomic E-state index is 0.519. The van der Waals surface area contributed by atoms with Gasteiger partial charge >= 0.3 is 0 Å². The Kier molecular flexibility index (Phi) is 4.24. The van der Waals surface area contributed by atoms with Crippen LogP contribution < -0.4 is 5.32 Å². The molecule has 0 unspecified atom stereocenters. The molecule has 0 radical (unpaired) electrons. The average Bonchev–Trinajstić information content (AvgIpc) is 2.19. The Hall–Kier alpha value is -1.24. The average molecular weight is 189 g/mol. The fraction of sp³-hybridized carbons (Fsp3) is 0.385. The van der Waals surface area contributed by atoms with E-state index in [0.717, 1.165) is 18.7 Å². The van der Waals surface area contributed by atoms with Gasteiger partial charge in [-0.1, -0.05) is 50.8 Å². The molecule has 0 amide bonds. The summed E-state index contributed by atoms with van der Waals surface area (Å²) >= 11 is 0. The fourth-order valence-corrected chi connectivity index (χ4v) is 1.22. The lowest BCUT2D eigenvalue weighted by molar-refractivity contribution is 0.654. The molecular weight excluding hydrogens is 170 g/mol. The predicted molar refractivity (Wildman–Crippen MR) is 62.1 cm³/mol. The zero-order chi connectivity index (χ0) is 10.4. The van der Waals surface area contributed by atoms with E-state index in [9.17, 15) is 0 Å². The molecular formula is C13H19N. The number of nitrogens with one attached hydrogen (secondary N) is 1. The van der Waals surface area contributed by atoms with E-state index in [1.165, 1.54) is 5.56 Å². The number of hydrogen-bond acceptors (Lipinski definition) is 1. The lowest BCUT2D eigenvalue weighted by Gasteiger charge is -2.12. The van der Waals surface area contributed by atoms with Crippen LogP contribution in [0.4, 0.5) is 0 Å². The van der Waals surface area contributed by atoms with Crippen LogP contribution in [0.15, 0.2) is 42.6 Å². The van der Waals surface area contributed by atoms with Crippen molar-refractivity contribution in [3.05, 3.63) is 48.2 Å². The van der Waals surface area contributed by atoms with Gasteiger partial charge in [-0.05, 0) is 17.9 Å². The Morgan fingerprint density at radius 2 is 1.93 bits per heavy atom. The van der Waals surface area contributed by atoms with E-state index in [-0.39, 0.29) is 0 Å². The minimum Gasteiger partial charge on any atom is -0.388 e. The summed E-state index contributed by atoms with van der Waals surface area (Å²) in [4.78, 5) is 0. The highest BCUT2D eigenvalue weighted by Crippen LogP contribution is 2.03. The Labute approximate surface area is 86.8 Å². The normalized spacial score (nSPS) is 10.2. The molecule has 0 fully saturated rings. The standard InChI is InChI=1S/C13H19N/c1-11(2)12(3)14-10-9-13-7-5-4-6-8-13/h4-8,11,14H,3,9-10H2,1-2H3. The Morgan fingerprint density at radius 1 is 1.29 bits per heavy atom. The third-order valence-electron chi connectivity index (χ3n) is 2.31. The SMILES string of the molecule is C=C(NCCc1ccccc1)C(C)C. The van der Waals surface area contributed by atoms with Crippen molar-refractivity contribution in [3.63, 3.8) is 0 Å². The van der Waals surface area contributed by atoms with Crippen molar-refractivity contribution in [3.8, 4) is 0 Å². The van der Waals surface area contributed by atoms with Crippen LogP contribution in [-0.2, 0) is 6.42 Å². The summed E-state index contributed by atoms with van der Waals surface area (Å²) in [5, 5.41) is 3.34. The summed E-state index contributed by atoms with van der Waals surface area (Å²) in [6, 6.07) is 10.5. The number of benzene rings is 1. The summed E-state index contributed by atoms with van der Waals surface area (Å²) in [5.74, 6) is 0.519. The molecule has 0 heterocycles. The van der Waals surface area contributed by atoms with Gasteiger partial charge in [-0.25, -0.2) is 0 Å². The number of hydrogen-bond donors (Lipinski definition) is 1. The van der Waals surface area contributed by atoms with E-state index in [1.54, 1.807) is 0 Å². The molecule has 0 aliphatic heterocycles. The molecule has 1 aromatic rings. The van der Waals surface area contributed by atoms with Crippen LogP contribution in [-0.4, -0.2) is 6.54 Å². The van der Waals surface area contributed by atoms with Crippen LogP contribution >= 0.6 is 0 Å². The zero-order valence-corrected chi connectivity index (χ0v) is 9.09. The first kappa shape index (κ1) is 10.8. The van der Waals surface area contributed by atoms with Gasteiger partial charge in [0.2, 0.25) is 0 Å². The van der Waals surface area contributed by atoms with Crippen LogP contribution in [0.5, 0.6) is 0 Å². The van der Waals surface area contributed by atoms with Gasteiger partial charge < -0.3 is 5.32 Å². The highest BCUT2D eigenvalue weighted by molar-refractivity contribution is 5.15. The van der Waals surface area contributed by atoms with Crippen molar-refractivity contribution in [2.24, 2.45) is 5.92 Å². The lowest BCUT2D eigenvalue weighted by Crippen LogP contribution is -2.19. The maximum Gasteiger partial charge on any atom is 0.0184 e. The molecule has 0 aliphatic rings. The van der Waals surface area contributed by atoms with Crippen molar-refractivity contribution in [2.75, 3.05) is 6.54 Å². The van der Waals surface area contributed by atoms with E-state index in [0.29, 0.717) is 5.92 Å². The van der Waals surface area contributed by atoms with Crippen LogP contribution in [0.1, 0.15) is 19.4 Å². The van der Waals surface area contributed by atoms with Gasteiger partial charge in [0.25, 0.3) is 0 Å². The third kappa shape index (κ3) is 3.65. The molecule has 1 aromatic carbocycles. The Morgan fingerprint density at radius 3 is 2.50 bits per heavy atom. The monoisotopic (exact) mass is 189 g/mol. The molecule has 14 heavy (non-hydrogen) atoms. The largest absolute Gasteiger partial charge is 0.388 e. The van der Waals surface area contributed by atoms with Crippen molar-refractivity contribution in [1.82, 2.24) is 5.32 Å². The van der Waals surface area contributed by atoms with Crippen LogP contribution in [0.2, 0.25) is 0 Å². The molecule has 76 valence electrons. The summed E-state index contributed by atoms with van der Waals surface area (Å²) in [7, 11) is 0. The summed E-state index contributed by atoms with van der Waals surface area (Å²) < 4.78 is 0. The highest BCUT2D eigenvalue weighted by Gasteiger charge is 1.98. The van der Waals surface area contributed by atoms with E-state index < -0.39 is 0 Å². The fourth-order valence-electron chi connectivity index (χ4n) is 1.22. The van der Waals surface area contributed by atoms with Crippen molar-refractivity contribution < 1.29 is 0 Å². The van der Waals surface area contributed by atoms with Gasteiger partial charge in [0, 0.05) is 12.2 Å². The van der Waals surface area contributed by atoms with Crippen molar-refractivity contribution >= 4 is 0 Å². The van der Waals surface area contributed by atoms with Gasteiger partial charge in [0.05, 0.1) is 0 Å². The smallest absolute Gasteiger partial charge is 0.0184 e. The van der Waals surface area contributed by atoms with Gasteiger partial charge in [-0.15, -0.1) is 0 Å². The molecule has 0 spiro atoms. The predicted octanol–water partition coefficient (Wildman–Crippen LogP) is 2.99. The number of allylic oxidation sites excluding steroid dienone is 1. The second-order valence-corrected chi connectivity index (χ2v) is 3.84. The van der Waals surface area contributed by atoms with Crippen molar-refractivity contribution in [2.45, 2.75) is 20.3 Å². The first-order chi connectivity index (χ1) is 6.70. The molecule has 0 bridgehead atoms. The summed E-state index contributed by atoms with van der Waals surface area (Å²) in [6.07, 6.45) is 1.06. The molecule has 1 heteroatoms. The van der Waals surface area contributed by atoms with E-state index >= 15 is 0 Å². The second kappa shape index (κ2) is 5.48. The molecule has 1 rings (SSSR count). The Balaban J connectivity index is 2.26. The third-order valence-corrected chi connectivity index (χ3v) is 2.31. The molecule has 0 saturated carbocycles. The molecule has 0 aromatic heterocycles. The van der Waals surface area contributed by atoms with Crippen molar-refractivity contribution in [1.29, 1.82) is 0 Å². The topological polar surface area (TPSA) is 12.0 Å². The second-order valence-electron chi connectivity index (χ2n) is 3.84. The number of rotatable bonds is 5. The zero-order valence-electron chi connectivity index (χ0n) is 9.09. The van der Waals surface area contributed by atoms with Crippen LogP contribution in [0.3, 0.4) is 0 Å². The molecule has 0 atom stereocenters. The first-order valence-electron chi connectivity index (χ1n) is 5.16. The van der Waals surface area contributed by atoms with Crippen LogP contribution in [0.25, 0.3) is 0 Å². The summed E-state index contributed by atoms with van der Waals surface area (Å²) in [5.41, 5.74) is 2.50. The van der Waals surface area contributed by atoms with E-state index in [1.807, 2.05) is 6.07 Å². The first-order valence-corrected chi connectivity index (χ1v) is 5.16. The van der Waals surface area contributed by atoms with Gasteiger partial charge in [0.15, 0.2) is 0 Å². The maximum atomic E-state index is 3.97. The summed E-state index contributed by atoms with van der Waals surface area (Å²) in [6.45, 7) is 9.25. The molecule has 0 aliphatic carbocycles. The van der Waals surface area contributed by atoms with Crippen LogP contribution in [0, 0.1) is 5.92 Å². The quantitative estimate of drug-likeness (QED) is 0.751. The maximum absolute atomic E-state index is 3.97. The van der Waals surface area contributed by atoms with Gasteiger partial charge in [-0.2, -0.15) is 0 Å². The van der Waals surface area contributed by atoms with E-state index in [4.69, 9.17) is 0 Å². The van der Waals surface area contributed by atoms with Gasteiger partial charge in [-0.3, -0.25) is 0 Å². The Bertz CT molecular complexity index is 275. The molecule has 1 nitrogen and oxygen atoms in total. The van der Waals surface area contributed by atoms with Gasteiger partial charge in [0.1, 0.15) is 0 Å². The van der Waals surface area contributed by atoms with E-state index in [2.05, 4.69) is 50.0 Å². The minimum atomic E-state index is 0.519. The molecule has 1 N–H and O–H groups in total. The highest BCUT2D eigenvalue weighted by atomic mass is 14.9. The molecule has 0 saturated heterocycles.